The van der Waals surface area contributed by atoms with Gasteiger partial charge in [0.2, 0.25) is 0 Å². The Morgan fingerprint density at radius 3 is 2.83 bits per heavy atom. The molecule has 2 atom stereocenters. The third kappa shape index (κ3) is 2.42. The van der Waals surface area contributed by atoms with Crippen LogP contribution in [-0.2, 0) is 0 Å². The molecule has 2 unspecified atom stereocenters. The van der Waals surface area contributed by atoms with Gasteiger partial charge in [-0.2, -0.15) is 0 Å². The summed E-state index contributed by atoms with van der Waals surface area (Å²) in [5, 5.41) is 4.20. The number of halogens is 1. The van der Waals surface area contributed by atoms with Crippen molar-refractivity contribution in [2.24, 2.45) is 5.92 Å². The minimum absolute atomic E-state index is 0.559. The lowest BCUT2D eigenvalue weighted by Gasteiger charge is -2.29. The maximum Gasteiger partial charge on any atom is 0.0409 e. The Kier molecular flexibility index (Phi) is 3.60. The molecule has 0 bridgehead atoms. The van der Waals surface area contributed by atoms with Gasteiger partial charge in [0, 0.05) is 17.1 Å². The summed E-state index contributed by atoms with van der Waals surface area (Å²) in [5.41, 5.74) is 1.40. The predicted molar refractivity (Wildman–Crippen MR) is 76.0 cm³/mol. The van der Waals surface area contributed by atoms with Crippen molar-refractivity contribution in [3.8, 4) is 0 Å². The van der Waals surface area contributed by atoms with Crippen molar-refractivity contribution in [2.75, 3.05) is 20.1 Å². The molecule has 2 aliphatic rings. The van der Waals surface area contributed by atoms with Crippen molar-refractivity contribution in [2.45, 2.75) is 31.3 Å². The van der Waals surface area contributed by atoms with Gasteiger partial charge in [-0.3, -0.25) is 4.90 Å². The molecule has 1 aliphatic carbocycles. The van der Waals surface area contributed by atoms with E-state index in [-0.39, 0.29) is 0 Å². The zero-order valence-corrected chi connectivity index (χ0v) is 11.7. The van der Waals surface area contributed by atoms with Gasteiger partial charge in [0.05, 0.1) is 0 Å². The van der Waals surface area contributed by atoms with E-state index in [0.717, 1.165) is 17.6 Å². The van der Waals surface area contributed by atoms with E-state index in [1.165, 1.54) is 31.4 Å². The average molecular weight is 265 g/mol. The van der Waals surface area contributed by atoms with Crippen LogP contribution in [0.25, 0.3) is 0 Å². The Morgan fingerprint density at radius 2 is 2.17 bits per heavy atom. The molecule has 3 heteroatoms. The number of benzene rings is 1. The van der Waals surface area contributed by atoms with E-state index in [9.17, 15) is 0 Å². The molecule has 0 radical (unpaired) electrons. The largest absolute Gasteiger partial charge is 0.319 e. The highest BCUT2D eigenvalue weighted by Gasteiger charge is 2.42. The first-order chi connectivity index (χ1) is 8.79. The van der Waals surface area contributed by atoms with Gasteiger partial charge in [-0.05, 0) is 63.0 Å². The molecule has 98 valence electrons. The summed E-state index contributed by atoms with van der Waals surface area (Å²) < 4.78 is 0. The Morgan fingerprint density at radius 1 is 1.33 bits per heavy atom. The third-order valence-electron chi connectivity index (χ3n) is 4.23. The average Bonchev–Trinajstić information content (AvgIpc) is 3.12. The minimum Gasteiger partial charge on any atom is -0.319 e. The van der Waals surface area contributed by atoms with E-state index >= 15 is 0 Å². The fourth-order valence-corrected chi connectivity index (χ4v) is 3.53. The molecule has 0 amide bonds. The molecular weight excluding hydrogens is 244 g/mol. The quantitative estimate of drug-likeness (QED) is 0.899. The topological polar surface area (TPSA) is 15.3 Å². The summed E-state index contributed by atoms with van der Waals surface area (Å²) in [5.74, 6) is 0.717. The Labute approximate surface area is 114 Å². The predicted octanol–water partition coefficient (Wildman–Crippen LogP) is 3.08. The van der Waals surface area contributed by atoms with E-state index in [2.05, 4.69) is 35.5 Å². The van der Waals surface area contributed by atoms with Crippen molar-refractivity contribution in [3.05, 3.63) is 34.9 Å². The second kappa shape index (κ2) is 5.20. The molecule has 3 rings (SSSR count). The Bertz CT molecular complexity index is 417. The molecule has 1 N–H and O–H groups in total. The lowest BCUT2D eigenvalue weighted by atomic mass is 9.93. The van der Waals surface area contributed by atoms with Crippen LogP contribution in [0.5, 0.6) is 0 Å². The van der Waals surface area contributed by atoms with Crippen LogP contribution in [-0.4, -0.2) is 31.1 Å². The van der Waals surface area contributed by atoms with Crippen LogP contribution in [0.15, 0.2) is 24.3 Å². The molecule has 0 aromatic heterocycles. The summed E-state index contributed by atoms with van der Waals surface area (Å²) in [6.07, 6.45) is 4.06. The number of hydrogen-bond acceptors (Lipinski definition) is 2. The number of likely N-dealkylation sites (tertiary alicyclic amines) is 1. The first kappa shape index (κ1) is 12.5. The van der Waals surface area contributed by atoms with Gasteiger partial charge >= 0.3 is 0 Å². The molecule has 1 aromatic rings. The fourth-order valence-electron chi connectivity index (χ4n) is 3.33. The fraction of sp³-hybridized carbons (Fsp3) is 0.600. The highest BCUT2D eigenvalue weighted by molar-refractivity contribution is 6.30. The first-order valence-electron chi connectivity index (χ1n) is 6.95. The first-order valence-corrected chi connectivity index (χ1v) is 7.33. The number of nitrogens with zero attached hydrogens (tertiary/aromatic N) is 1. The van der Waals surface area contributed by atoms with Crippen molar-refractivity contribution < 1.29 is 0 Å². The van der Waals surface area contributed by atoms with E-state index in [1.54, 1.807) is 0 Å². The van der Waals surface area contributed by atoms with Gasteiger partial charge < -0.3 is 5.32 Å². The van der Waals surface area contributed by atoms with Crippen LogP contribution < -0.4 is 5.32 Å². The number of rotatable bonds is 4. The zero-order chi connectivity index (χ0) is 12.5. The van der Waals surface area contributed by atoms with Crippen LogP contribution in [0.3, 0.4) is 0 Å². The highest BCUT2D eigenvalue weighted by Crippen LogP contribution is 2.44. The molecule has 1 saturated carbocycles. The number of nitrogens with one attached hydrogen (secondary N) is 1. The van der Waals surface area contributed by atoms with Gasteiger partial charge in [-0.1, -0.05) is 23.7 Å². The molecular formula is C15H21ClN2. The van der Waals surface area contributed by atoms with Gasteiger partial charge in [0.1, 0.15) is 0 Å². The standard InChI is InChI=1S/C15H21ClN2/c1-17-10-12-7-8-18(14-5-6-14)15(12)11-3-2-4-13(16)9-11/h2-4,9,12,14-15,17H,5-8,10H2,1H3. The van der Waals surface area contributed by atoms with Crippen LogP contribution >= 0.6 is 11.6 Å². The summed E-state index contributed by atoms with van der Waals surface area (Å²) >= 11 is 6.16. The SMILES string of the molecule is CNCC1CCN(C2CC2)C1c1cccc(Cl)c1. The van der Waals surface area contributed by atoms with Crippen molar-refractivity contribution in [1.82, 2.24) is 10.2 Å². The van der Waals surface area contributed by atoms with Crippen molar-refractivity contribution in [3.63, 3.8) is 0 Å². The molecule has 1 aromatic carbocycles. The normalized spacial score (nSPS) is 28.8. The van der Waals surface area contributed by atoms with E-state index in [0.29, 0.717) is 12.0 Å². The lowest BCUT2D eigenvalue weighted by Crippen LogP contribution is -2.30. The second-order valence-corrected chi connectivity index (χ2v) is 6.01. The zero-order valence-electron chi connectivity index (χ0n) is 10.9. The van der Waals surface area contributed by atoms with Crippen LogP contribution in [0, 0.1) is 5.92 Å². The Balaban J connectivity index is 1.87. The monoisotopic (exact) mass is 264 g/mol. The van der Waals surface area contributed by atoms with Gasteiger partial charge in [-0.25, -0.2) is 0 Å². The third-order valence-corrected chi connectivity index (χ3v) is 4.47. The maximum atomic E-state index is 6.16. The molecule has 1 heterocycles. The number of hydrogen-bond donors (Lipinski definition) is 1. The molecule has 2 fully saturated rings. The summed E-state index contributed by atoms with van der Waals surface area (Å²) in [6, 6.07) is 9.82. The Hall–Kier alpha value is -0.570. The molecule has 1 aliphatic heterocycles. The maximum absolute atomic E-state index is 6.16. The smallest absolute Gasteiger partial charge is 0.0409 e. The molecule has 2 nitrogen and oxygen atoms in total. The van der Waals surface area contributed by atoms with Crippen LogP contribution in [0.1, 0.15) is 30.9 Å². The second-order valence-electron chi connectivity index (χ2n) is 5.58. The highest BCUT2D eigenvalue weighted by atomic mass is 35.5. The summed E-state index contributed by atoms with van der Waals surface area (Å²) in [6.45, 7) is 2.34. The van der Waals surface area contributed by atoms with Crippen LogP contribution in [0.4, 0.5) is 0 Å². The van der Waals surface area contributed by atoms with Gasteiger partial charge in [0.15, 0.2) is 0 Å². The molecule has 18 heavy (non-hydrogen) atoms. The van der Waals surface area contributed by atoms with Crippen molar-refractivity contribution in [1.29, 1.82) is 0 Å². The molecule has 1 saturated heterocycles. The van der Waals surface area contributed by atoms with E-state index < -0.39 is 0 Å². The van der Waals surface area contributed by atoms with E-state index in [1.807, 2.05) is 6.07 Å². The van der Waals surface area contributed by atoms with E-state index in [4.69, 9.17) is 11.6 Å². The summed E-state index contributed by atoms with van der Waals surface area (Å²) in [7, 11) is 2.05. The lowest BCUT2D eigenvalue weighted by molar-refractivity contribution is 0.217. The van der Waals surface area contributed by atoms with Gasteiger partial charge in [0.25, 0.3) is 0 Å². The van der Waals surface area contributed by atoms with Crippen LogP contribution in [0.2, 0.25) is 5.02 Å². The summed E-state index contributed by atoms with van der Waals surface area (Å²) in [4.78, 5) is 2.70. The van der Waals surface area contributed by atoms with Gasteiger partial charge in [-0.15, -0.1) is 0 Å². The molecule has 0 spiro atoms. The van der Waals surface area contributed by atoms with Crippen molar-refractivity contribution >= 4 is 11.6 Å². The minimum atomic E-state index is 0.559.